The van der Waals surface area contributed by atoms with E-state index in [2.05, 4.69) is 4.98 Å². The van der Waals surface area contributed by atoms with Crippen molar-refractivity contribution >= 4 is 16.3 Å². The molecule has 1 aromatic carbocycles. The van der Waals surface area contributed by atoms with Gasteiger partial charge in [-0.25, -0.2) is 4.98 Å². The predicted molar refractivity (Wildman–Crippen MR) is 63.5 cm³/mol. The van der Waals surface area contributed by atoms with E-state index in [-0.39, 0.29) is 0 Å². The lowest BCUT2D eigenvalue weighted by Crippen LogP contribution is -2.04. The first kappa shape index (κ1) is 11.3. The number of rotatable bonds is 1. The molecule has 92 valence electrons. The highest BCUT2D eigenvalue weighted by Crippen LogP contribution is 2.32. The molecule has 0 aliphatic carbocycles. The van der Waals surface area contributed by atoms with Gasteiger partial charge in [0, 0.05) is 23.3 Å². The quantitative estimate of drug-likeness (QED) is 0.650. The highest BCUT2D eigenvalue weighted by Gasteiger charge is 2.30. The lowest BCUT2D eigenvalue weighted by molar-refractivity contribution is -0.137. The minimum absolute atomic E-state index is 0.473. The Kier molecular flexibility index (Phi) is 2.41. The summed E-state index contributed by atoms with van der Waals surface area (Å²) < 4.78 is 39.6. The zero-order valence-electron chi connectivity index (χ0n) is 8.98. The fourth-order valence-electron chi connectivity index (χ4n) is 1.72. The topological polar surface area (TPSA) is 17.3 Å². The summed E-state index contributed by atoms with van der Waals surface area (Å²) in [6.45, 7) is 0. The van der Waals surface area contributed by atoms with Crippen LogP contribution < -0.4 is 0 Å². The first-order chi connectivity index (χ1) is 8.54. The molecule has 2 heterocycles. The Morgan fingerprint density at radius 3 is 2.78 bits per heavy atom. The maximum atomic E-state index is 12.6. The summed E-state index contributed by atoms with van der Waals surface area (Å²) in [5.41, 5.74) is 0.366. The molecule has 0 saturated carbocycles. The first-order valence-electron chi connectivity index (χ1n) is 5.14. The number of aromatic nitrogens is 2. The van der Waals surface area contributed by atoms with Crippen LogP contribution in [0.3, 0.4) is 0 Å². The van der Waals surface area contributed by atoms with Gasteiger partial charge >= 0.3 is 6.18 Å². The van der Waals surface area contributed by atoms with Gasteiger partial charge in [0.15, 0.2) is 4.96 Å². The molecular weight excluding hydrogens is 261 g/mol. The number of hydrogen-bond donors (Lipinski definition) is 0. The summed E-state index contributed by atoms with van der Waals surface area (Å²) >= 11 is 1.44. The van der Waals surface area contributed by atoms with Crippen molar-refractivity contribution in [1.29, 1.82) is 0 Å². The van der Waals surface area contributed by atoms with E-state index in [1.54, 1.807) is 16.7 Å². The smallest absolute Gasteiger partial charge is 0.297 e. The molecule has 0 amide bonds. The normalized spacial score (nSPS) is 12.2. The third-order valence-electron chi connectivity index (χ3n) is 2.58. The Bertz CT molecular complexity index is 668. The maximum absolute atomic E-state index is 12.6. The van der Waals surface area contributed by atoms with Crippen molar-refractivity contribution in [2.75, 3.05) is 0 Å². The van der Waals surface area contributed by atoms with Crippen LogP contribution in [0.5, 0.6) is 0 Å². The lowest BCUT2D eigenvalue weighted by atomic mass is 10.1. The van der Waals surface area contributed by atoms with E-state index in [1.807, 2.05) is 11.6 Å². The number of fused-ring (bicyclic) bond motifs is 1. The molecule has 6 heteroatoms. The first-order valence-corrected chi connectivity index (χ1v) is 6.02. The molecular formula is C12H7F3N2S. The number of imidazole rings is 1. The van der Waals surface area contributed by atoms with Crippen LogP contribution in [-0.2, 0) is 6.18 Å². The fraction of sp³-hybridized carbons (Fsp3) is 0.0833. The van der Waals surface area contributed by atoms with E-state index < -0.39 is 11.7 Å². The summed E-state index contributed by atoms with van der Waals surface area (Å²) in [5.74, 6) is 0. The standard InChI is InChI=1S/C12H7F3N2S/c13-12(14,15)9-3-1-2-8(6-9)10-7-17-4-5-18-11(17)16-10/h1-7H. The van der Waals surface area contributed by atoms with Crippen LogP contribution in [0.4, 0.5) is 13.2 Å². The van der Waals surface area contributed by atoms with E-state index in [9.17, 15) is 13.2 Å². The van der Waals surface area contributed by atoms with E-state index >= 15 is 0 Å². The summed E-state index contributed by atoms with van der Waals surface area (Å²) in [6.07, 6.45) is -0.779. The van der Waals surface area contributed by atoms with Crippen molar-refractivity contribution < 1.29 is 13.2 Å². The number of thiazole rings is 1. The molecule has 2 nitrogen and oxygen atoms in total. The van der Waals surface area contributed by atoms with Gasteiger partial charge in [0.25, 0.3) is 0 Å². The van der Waals surface area contributed by atoms with Gasteiger partial charge in [-0.2, -0.15) is 13.2 Å². The van der Waals surface area contributed by atoms with Crippen molar-refractivity contribution in [3.05, 3.63) is 47.6 Å². The third kappa shape index (κ3) is 1.88. The minimum atomic E-state index is -4.33. The summed E-state index contributed by atoms with van der Waals surface area (Å²) in [6, 6.07) is 5.20. The van der Waals surface area contributed by atoms with Gasteiger partial charge in [-0.05, 0) is 12.1 Å². The molecule has 0 aliphatic heterocycles. The maximum Gasteiger partial charge on any atom is 0.416 e. The predicted octanol–water partition coefficient (Wildman–Crippen LogP) is 4.08. The van der Waals surface area contributed by atoms with Crippen LogP contribution in [0.25, 0.3) is 16.2 Å². The van der Waals surface area contributed by atoms with Crippen LogP contribution in [0.15, 0.2) is 42.0 Å². The van der Waals surface area contributed by atoms with E-state index in [0.29, 0.717) is 11.3 Å². The Balaban J connectivity index is 2.09. The Morgan fingerprint density at radius 1 is 1.22 bits per heavy atom. The molecule has 2 aromatic heterocycles. The van der Waals surface area contributed by atoms with Gasteiger partial charge < -0.3 is 0 Å². The van der Waals surface area contributed by atoms with Crippen molar-refractivity contribution in [3.63, 3.8) is 0 Å². The molecule has 3 rings (SSSR count). The number of halogens is 3. The van der Waals surface area contributed by atoms with E-state index in [1.165, 1.54) is 17.4 Å². The molecule has 0 saturated heterocycles. The highest BCUT2D eigenvalue weighted by molar-refractivity contribution is 7.15. The Morgan fingerprint density at radius 2 is 2.06 bits per heavy atom. The van der Waals surface area contributed by atoms with Crippen molar-refractivity contribution in [2.45, 2.75) is 6.18 Å². The largest absolute Gasteiger partial charge is 0.416 e. The number of hydrogen-bond acceptors (Lipinski definition) is 2. The molecule has 0 atom stereocenters. The van der Waals surface area contributed by atoms with Crippen LogP contribution in [0.2, 0.25) is 0 Å². The molecule has 0 unspecified atom stereocenters. The van der Waals surface area contributed by atoms with E-state index in [0.717, 1.165) is 17.1 Å². The molecule has 0 fully saturated rings. The molecule has 0 radical (unpaired) electrons. The van der Waals surface area contributed by atoms with Crippen molar-refractivity contribution in [1.82, 2.24) is 9.38 Å². The molecule has 0 N–H and O–H groups in total. The van der Waals surface area contributed by atoms with Gasteiger partial charge in [0.2, 0.25) is 0 Å². The van der Waals surface area contributed by atoms with Gasteiger partial charge in [-0.1, -0.05) is 12.1 Å². The zero-order valence-corrected chi connectivity index (χ0v) is 9.79. The Hall–Kier alpha value is -1.82. The molecule has 3 aromatic rings. The number of nitrogens with zero attached hydrogens (tertiary/aromatic N) is 2. The average molecular weight is 268 g/mol. The monoisotopic (exact) mass is 268 g/mol. The summed E-state index contributed by atoms with van der Waals surface area (Å²) in [5, 5.41) is 1.87. The van der Waals surface area contributed by atoms with E-state index in [4.69, 9.17) is 0 Å². The second-order valence-corrected chi connectivity index (χ2v) is 4.67. The van der Waals surface area contributed by atoms with Crippen LogP contribution in [0.1, 0.15) is 5.56 Å². The Labute approximate surface area is 104 Å². The summed E-state index contributed by atoms with van der Waals surface area (Å²) in [7, 11) is 0. The average Bonchev–Trinajstić information content (AvgIpc) is 2.88. The lowest BCUT2D eigenvalue weighted by Gasteiger charge is -2.07. The molecule has 0 bridgehead atoms. The third-order valence-corrected chi connectivity index (χ3v) is 3.35. The fourth-order valence-corrected chi connectivity index (χ4v) is 2.42. The zero-order chi connectivity index (χ0) is 12.8. The van der Waals surface area contributed by atoms with Gasteiger partial charge in [-0.15, -0.1) is 11.3 Å². The number of alkyl halides is 3. The second-order valence-electron chi connectivity index (χ2n) is 3.80. The van der Waals surface area contributed by atoms with Crippen LogP contribution in [0, 0.1) is 0 Å². The van der Waals surface area contributed by atoms with Crippen molar-refractivity contribution in [3.8, 4) is 11.3 Å². The molecule has 0 aliphatic rings. The number of benzene rings is 1. The van der Waals surface area contributed by atoms with Crippen LogP contribution in [-0.4, -0.2) is 9.38 Å². The highest BCUT2D eigenvalue weighted by atomic mass is 32.1. The van der Waals surface area contributed by atoms with Crippen LogP contribution >= 0.6 is 11.3 Å². The SMILES string of the molecule is FC(F)(F)c1cccc(-c2cn3ccsc3n2)c1. The molecule has 18 heavy (non-hydrogen) atoms. The van der Waals surface area contributed by atoms with Gasteiger partial charge in [0.1, 0.15) is 0 Å². The minimum Gasteiger partial charge on any atom is -0.297 e. The van der Waals surface area contributed by atoms with Gasteiger partial charge in [-0.3, -0.25) is 4.40 Å². The van der Waals surface area contributed by atoms with Gasteiger partial charge in [0.05, 0.1) is 11.3 Å². The summed E-state index contributed by atoms with van der Waals surface area (Å²) in [4.78, 5) is 5.05. The molecule has 0 spiro atoms. The van der Waals surface area contributed by atoms with Crippen molar-refractivity contribution in [2.24, 2.45) is 0 Å². The second kappa shape index (κ2) is 3.84.